The summed E-state index contributed by atoms with van der Waals surface area (Å²) in [5.74, 6) is 1.63. The van der Waals surface area contributed by atoms with Crippen molar-refractivity contribution >= 4 is 34.3 Å². The molecule has 2 amide bonds. The van der Waals surface area contributed by atoms with Gasteiger partial charge < -0.3 is 19.2 Å². The number of hydrazone groups is 1. The van der Waals surface area contributed by atoms with Gasteiger partial charge in [0.15, 0.2) is 17.3 Å². The summed E-state index contributed by atoms with van der Waals surface area (Å²) in [4.78, 5) is 24.5. The molecule has 0 saturated carbocycles. The minimum absolute atomic E-state index is 0.121. The van der Waals surface area contributed by atoms with Gasteiger partial charge in [0.1, 0.15) is 0 Å². The summed E-state index contributed by atoms with van der Waals surface area (Å²) in [6, 6.07) is 16.0. The molecule has 9 heteroatoms. The average molecular weight is 452 g/mol. The first-order valence-electron chi connectivity index (χ1n) is 9.75. The average Bonchev–Trinajstić information content (AvgIpc) is 3.36. The fourth-order valence-corrected chi connectivity index (χ4v) is 3.88. The maximum atomic E-state index is 12.4. The SMILES string of the molecule is COc1ccc(C2=NN(Cc3ccc(NC(=O)c4ccco4)cc3)C(=O)SC2)cc1OC. The molecule has 1 aromatic heterocycles. The van der Waals surface area contributed by atoms with Crippen molar-refractivity contribution in [3.05, 3.63) is 77.7 Å². The number of nitrogens with one attached hydrogen (secondary N) is 1. The van der Waals surface area contributed by atoms with Crippen LogP contribution in [0.3, 0.4) is 0 Å². The highest BCUT2D eigenvalue weighted by atomic mass is 32.2. The lowest BCUT2D eigenvalue weighted by Gasteiger charge is -2.23. The Balaban J connectivity index is 1.47. The Morgan fingerprint density at radius 2 is 1.91 bits per heavy atom. The first kappa shape index (κ1) is 21.5. The number of benzene rings is 2. The van der Waals surface area contributed by atoms with Crippen molar-refractivity contribution in [2.45, 2.75) is 6.54 Å². The molecule has 2 heterocycles. The van der Waals surface area contributed by atoms with E-state index in [2.05, 4.69) is 10.4 Å². The van der Waals surface area contributed by atoms with Gasteiger partial charge in [0.25, 0.3) is 5.91 Å². The summed E-state index contributed by atoms with van der Waals surface area (Å²) in [6.07, 6.45) is 1.45. The number of hydrogen-bond donors (Lipinski definition) is 1. The molecular weight excluding hydrogens is 430 g/mol. The molecule has 8 nitrogen and oxygen atoms in total. The standard InChI is InChI=1S/C23H21N3O5S/c1-29-19-10-7-16(12-21(19)30-2)18-14-32-23(28)26(25-18)13-15-5-8-17(9-6-15)24-22(27)20-4-3-11-31-20/h3-12H,13-14H2,1-2H3,(H,24,27). The molecule has 1 N–H and O–H groups in total. The van der Waals surface area contributed by atoms with Gasteiger partial charge in [0.2, 0.25) is 0 Å². The number of ether oxygens (including phenoxy) is 2. The predicted octanol–water partition coefficient (Wildman–Crippen LogP) is 4.62. The predicted molar refractivity (Wildman–Crippen MR) is 123 cm³/mol. The van der Waals surface area contributed by atoms with Crippen LogP contribution in [0.15, 0.2) is 70.4 Å². The molecule has 1 aliphatic rings. The van der Waals surface area contributed by atoms with Crippen LogP contribution in [0.5, 0.6) is 11.5 Å². The van der Waals surface area contributed by atoms with E-state index in [4.69, 9.17) is 13.9 Å². The molecule has 0 saturated heterocycles. The van der Waals surface area contributed by atoms with E-state index < -0.39 is 0 Å². The zero-order chi connectivity index (χ0) is 22.5. The van der Waals surface area contributed by atoms with Crippen molar-refractivity contribution in [2.24, 2.45) is 5.10 Å². The number of carbonyl (C=O) groups excluding carboxylic acids is 2. The Labute approximate surface area is 189 Å². The van der Waals surface area contributed by atoms with E-state index in [1.807, 2.05) is 30.3 Å². The molecule has 2 aromatic carbocycles. The minimum atomic E-state index is -0.325. The quantitative estimate of drug-likeness (QED) is 0.563. The third kappa shape index (κ3) is 4.78. The van der Waals surface area contributed by atoms with Crippen molar-refractivity contribution < 1.29 is 23.5 Å². The number of thioether (sulfide) groups is 1. The van der Waals surface area contributed by atoms with E-state index >= 15 is 0 Å². The van der Waals surface area contributed by atoms with Crippen LogP contribution in [0.25, 0.3) is 0 Å². The van der Waals surface area contributed by atoms with Gasteiger partial charge in [-0.3, -0.25) is 9.59 Å². The first-order valence-corrected chi connectivity index (χ1v) is 10.7. The van der Waals surface area contributed by atoms with E-state index in [0.29, 0.717) is 29.5 Å². The highest BCUT2D eigenvalue weighted by Gasteiger charge is 2.23. The summed E-state index contributed by atoms with van der Waals surface area (Å²) in [6.45, 7) is 0.315. The van der Waals surface area contributed by atoms with Crippen LogP contribution in [0.1, 0.15) is 21.7 Å². The Bertz CT molecular complexity index is 1140. The maximum absolute atomic E-state index is 12.4. The van der Waals surface area contributed by atoms with Gasteiger partial charge in [0.05, 0.1) is 32.7 Å². The van der Waals surface area contributed by atoms with E-state index in [0.717, 1.165) is 16.8 Å². The van der Waals surface area contributed by atoms with Crippen molar-refractivity contribution in [2.75, 3.05) is 25.3 Å². The molecule has 0 bridgehead atoms. The number of methoxy groups -OCH3 is 2. The Morgan fingerprint density at radius 1 is 1.12 bits per heavy atom. The van der Waals surface area contributed by atoms with Crippen molar-refractivity contribution in [1.29, 1.82) is 0 Å². The summed E-state index contributed by atoms with van der Waals surface area (Å²) < 4.78 is 15.7. The van der Waals surface area contributed by atoms with E-state index in [-0.39, 0.29) is 16.9 Å². The number of amides is 2. The molecule has 4 rings (SSSR count). The van der Waals surface area contributed by atoms with Crippen molar-refractivity contribution in [1.82, 2.24) is 5.01 Å². The molecule has 0 spiro atoms. The third-order valence-corrected chi connectivity index (χ3v) is 5.67. The summed E-state index contributed by atoms with van der Waals surface area (Å²) in [7, 11) is 3.16. The third-order valence-electron chi connectivity index (χ3n) is 4.79. The van der Waals surface area contributed by atoms with Gasteiger partial charge in [0, 0.05) is 17.0 Å². The normalized spacial score (nSPS) is 13.5. The molecular formula is C23H21N3O5S. The van der Waals surface area contributed by atoms with Gasteiger partial charge >= 0.3 is 5.24 Å². The fraction of sp³-hybridized carbons (Fsp3) is 0.174. The smallest absolute Gasteiger partial charge is 0.302 e. The second-order valence-corrected chi connectivity index (χ2v) is 7.78. The lowest BCUT2D eigenvalue weighted by molar-refractivity contribution is 0.0996. The van der Waals surface area contributed by atoms with Crippen LogP contribution in [0.4, 0.5) is 10.5 Å². The van der Waals surface area contributed by atoms with Crippen LogP contribution in [-0.2, 0) is 6.54 Å². The monoisotopic (exact) mass is 451 g/mol. The molecule has 164 valence electrons. The molecule has 3 aromatic rings. The molecule has 0 aliphatic carbocycles. The maximum Gasteiger partial charge on any atom is 0.302 e. The molecule has 0 fully saturated rings. The lowest BCUT2D eigenvalue weighted by atomic mass is 10.1. The first-order chi connectivity index (χ1) is 15.6. The van der Waals surface area contributed by atoms with Gasteiger partial charge in [-0.1, -0.05) is 23.9 Å². The topological polar surface area (TPSA) is 93.4 Å². The highest BCUT2D eigenvalue weighted by Crippen LogP contribution is 2.30. The Morgan fingerprint density at radius 3 is 2.59 bits per heavy atom. The zero-order valence-corrected chi connectivity index (χ0v) is 18.3. The van der Waals surface area contributed by atoms with Crippen LogP contribution < -0.4 is 14.8 Å². The fourth-order valence-electron chi connectivity index (χ4n) is 3.14. The summed E-state index contributed by atoms with van der Waals surface area (Å²) in [5.41, 5.74) is 3.15. The highest BCUT2D eigenvalue weighted by molar-refractivity contribution is 8.14. The minimum Gasteiger partial charge on any atom is -0.493 e. The van der Waals surface area contributed by atoms with Crippen LogP contribution in [0.2, 0.25) is 0 Å². The van der Waals surface area contributed by atoms with Gasteiger partial charge in [-0.25, -0.2) is 5.01 Å². The van der Waals surface area contributed by atoms with Gasteiger partial charge in [-0.2, -0.15) is 5.10 Å². The van der Waals surface area contributed by atoms with E-state index in [1.54, 1.807) is 38.5 Å². The zero-order valence-electron chi connectivity index (χ0n) is 17.5. The molecule has 0 radical (unpaired) electrons. The number of hydrogen-bond acceptors (Lipinski definition) is 7. The Hall–Kier alpha value is -3.72. The largest absolute Gasteiger partial charge is 0.493 e. The molecule has 1 aliphatic heterocycles. The van der Waals surface area contributed by atoms with Gasteiger partial charge in [-0.05, 0) is 48.0 Å². The van der Waals surface area contributed by atoms with Crippen LogP contribution in [0, 0.1) is 0 Å². The number of carbonyl (C=O) groups is 2. The van der Waals surface area contributed by atoms with Gasteiger partial charge in [-0.15, -0.1) is 0 Å². The number of nitrogens with zero attached hydrogens (tertiary/aromatic N) is 2. The second kappa shape index (κ2) is 9.61. The van der Waals surface area contributed by atoms with Crippen molar-refractivity contribution in [3.63, 3.8) is 0 Å². The Kier molecular flexibility index (Phi) is 6.46. The van der Waals surface area contributed by atoms with Crippen LogP contribution >= 0.6 is 11.8 Å². The number of furan rings is 1. The molecule has 32 heavy (non-hydrogen) atoms. The molecule has 0 atom stereocenters. The van der Waals surface area contributed by atoms with Crippen molar-refractivity contribution in [3.8, 4) is 11.5 Å². The number of rotatable bonds is 7. The molecule has 0 unspecified atom stereocenters. The van der Waals surface area contributed by atoms with Crippen LogP contribution in [-0.4, -0.2) is 41.8 Å². The van der Waals surface area contributed by atoms with E-state index in [9.17, 15) is 9.59 Å². The van der Waals surface area contributed by atoms with E-state index in [1.165, 1.54) is 23.0 Å². The summed E-state index contributed by atoms with van der Waals surface area (Å²) in [5, 5.41) is 8.65. The number of anilines is 1. The summed E-state index contributed by atoms with van der Waals surface area (Å²) >= 11 is 1.20. The lowest BCUT2D eigenvalue weighted by Crippen LogP contribution is -2.29. The second-order valence-electron chi connectivity index (χ2n) is 6.86.